The molecule has 0 bridgehead atoms. The van der Waals surface area contributed by atoms with E-state index in [2.05, 4.69) is 26.2 Å². The Balaban J connectivity index is 0.000000505. The summed E-state index contributed by atoms with van der Waals surface area (Å²) in [4.78, 5) is 25.9. The zero-order valence-electron chi connectivity index (χ0n) is 20.2. The number of hydrogen-bond acceptors (Lipinski definition) is 7. The lowest BCUT2D eigenvalue weighted by molar-refractivity contribution is -0.368. The first-order chi connectivity index (χ1) is 18.2. The van der Waals surface area contributed by atoms with Gasteiger partial charge in [0.05, 0.1) is 31.5 Å². The van der Waals surface area contributed by atoms with Crippen LogP contribution >= 0.6 is 0 Å². The number of aromatic amines is 1. The van der Waals surface area contributed by atoms with Gasteiger partial charge in [0.25, 0.3) is 5.91 Å². The fraction of sp³-hybridized carbons (Fsp3) is 0.200. The average molecular weight is 531 g/mol. The largest absolute Gasteiger partial charge is 0.542 e. The highest BCUT2D eigenvalue weighted by Crippen LogP contribution is 2.38. The number of carbonyl (C=O) groups excluding carboxylic acids is 2. The van der Waals surface area contributed by atoms with Crippen LogP contribution in [0.5, 0.6) is 11.5 Å². The molecule has 2 heterocycles. The first kappa shape index (κ1) is 27.9. The van der Waals surface area contributed by atoms with Crippen LogP contribution in [0.3, 0.4) is 0 Å². The van der Waals surface area contributed by atoms with Crippen LogP contribution in [-0.2, 0) is 4.79 Å². The van der Waals surface area contributed by atoms with E-state index in [1.807, 2.05) is 48.5 Å². The third-order valence-corrected chi connectivity index (χ3v) is 5.07. The minimum atomic E-state index is -5.19. The van der Waals surface area contributed by atoms with Gasteiger partial charge in [-0.05, 0) is 23.6 Å². The van der Waals surface area contributed by atoms with Gasteiger partial charge >= 0.3 is 6.18 Å². The van der Waals surface area contributed by atoms with Crippen LogP contribution in [-0.4, -0.2) is 53.5 Å². The lowest BCUT2D eigenvalue weighted by Crippen LogP contribution is -2.50. The van der Waals surface area contributed by atoms with E-state index >= 15 is 0 Å². The summed E-state index contributed by atoms with van der Waals surface area (Å²) in [5.74, 6) is -1.65. The summed E-state index contributed by atoms with van der Waals surface area (Å²) in [6.45, 7) is 1.34. The monoisotopic (exact) mass is 531 g/mol. The summed E-state index contributed by atoms with van der Waals surface area (Å²) in [5.41, 5.74) is 5.60. The van der Waals surface area contributed by atoms with E-state index in [1.54, 1.807) is 19.4 Å². The fourth-order valence-corrected chi connectivity index (χ4v) is 3.34. The topological polar surface area (TPSA) is 157 Å². The number of methoxy groups -OCH3 is 1. The minimum absolute atomic E-state index is 0.332. The third-order valence-electron chi connectivity index (χ3n) is 5.07. The summed E-state index contributed by atoms with van der Waals surface area (Å²) in [6.07, 6.45) is -2.73. The molecule has 0 radical (unpaired) electrons. The van der Waals surface area contributed by atoms with Gasteiger partial charge in [0.1, 0.15) is 23.2 Å². The number of alkyl halides is 3. The second kappa shape index (κ2) is 12.5. The fourth-order valence-electron chi connectivity index (χ4n) is 3.34. The van der Waals surface area contributed by atoms with Crippen molar-refractivity contribution in [2.75, 3.05) is 25.6 Å². The average Bonchev–Trinajstić information content (AvgIpc) is 3.36. The molecule has 0 spiro atoms. The summed E-state index contributed by atoms with van der Waals surface area (Å²) >= 11 is 0. The van der Waals surface area contributed by atoms with Crippen molar-refractivity contribution in [1.82, 2.24) is 15.2 Å². The van der Waals surface area contributed by atoms with Crippen molar-refractivity contribution in [1.29, 1.82) is 0 Å². The number of anilines is 1. The molecule has 200 valence electrons. The molecule has 1 amide bonds. The normalized spacial score (nSPS) is 10.9. The van der Waals surface area contributed by atoms with Gasteiger partial charge in [-0.3, -0.25) is 14.9 Å². The van der Waals surface area contributed by atoms with E-state index < -0.39 is 12.1 Å². The van der Waals surface area contributed by atoms with Gasteiger partial charge in [0, 0.05) is 24.1 Å². The van der Waals surface area contributed by atoms with Crippen LogP contribution in [0.15, 0.2) is 60.8 Å². The van der Waals surface area contributed by atoms with Crippen LogP contribution in [0.4, 0.5) is 19.0 Å². The third kappa shape index (κ3) is 6.97. The summed E-state index contributed by atoms with van der Waals surface area (Å²) in [7, 11) is 1.60. The van der Waals surface area contributed by atoms with Crippen molar-refractivity contribution in [3.63, 3.8) is 0 Å². The number of benzene rings is 2. The number of fused-ring (bicyclic) bond motifs is 1. The molecule has 38 heavy (non-hydrogen) atoms. The SMILES string of the molecule is COc1cccc(OCCC[NH3+])c1-c1cc(NC(=O)c2nccc3ccccc23)n[nH]1.O=C([O-])C(F)(F)F. The smallest absolute Gasteiger partial charge is 0.430 e. The van der Waals surface area contributed by atoms with Gasteiger partial charge in [-0.25, -0.2) is 0 Å². The zero-order valence-corrected chi connectivity index (χ0v) is 20.2. The maximum atomic E-state index is 12.9. The number of hydrogen-bond donors (Lipinski definition) is 3. The molecule has 10 nitrogen and oxygen atoms in total. The number of rotatable bonds is 8. The summed E-state index contributed by atoms with van der Waals surface area (Å²) in [6, 6.07) is 16.8. The van der Waals surface area contributed by atoms with Gasteiger partial charge in [-0.2, -0.15) is 18.3 Å². The van der Waals surface area contributed by atoms with Crippen LogP contribution in [0.2, 0.25) is 0 Å². The van der Waals surface area contributed by atoms with Crippen LogP contribution in [0, 0.1) is 0 Å². The molecule has 0 unspecified atom stereocenters. The van der Waals surface area contributed by atoms with Gasteiger partial charge in [-0.1, -0.05) is 30.3 Å². The second-order valence-electron chi connectivity index (χ2n) is 7.68. The lowest BCUT2D eigenvalue weighted by Gasteiger charge is -2.13. The molecule has 4 rings (SSSR count). The molecule has 5 N–H and O–H groups in total. The van der Waals surface area contributed by atoms with Gasteiger partial charge < -0.3 is 30.4 Å². The van der Waals surface area contributed by atoms with E-state index in [9.17, 15) is 18.0 Å². The molecule has 0 aliphatic rings. The number of pyridine rings is 1. The number of quaternary nitrogens is 1. The van der Waals surface area contributed by atoms with E-state index in [-0.39, 0.29) is 5.91 Å². The van der Waals surface area contributed by atoms with Crippen LogP contribution < -0.4 is 25.6 Å². The maximum absolute atomic E-state index is 12.9. The highest BCUT2D eigenvalue weighted by molar-refractivity contribution is 6.11. The molecular weight excluding hydrogens is 507 g/mol. The minimum Gasteiger partial charge on any atom is -0.542 e. The Kier molecular flexibility index (Phi) is 9.22. The molecule has 13 heteroatoms. The Morgan fingerprint density at radius 3 is 2.50 bits per heavy atom. The number of H-pyrrole nitrogens is 1. The molecule has 0 fully saturated rings. The molecule has 4 aromatic rings. The van der Waals surface area contributed by atoms with Crippen molar-refractivity contribution in [2.24, 2.45) is 0 Å². The van der Waals surface area contributed by atoms with Crippen molar-refractivity contribution >= 4 is 28.5 Å². The van der Waals surface area contributed by atoms with Crippen molar-refractivity contribution in [2.45, 2.75) is 12.6 Å². The number of aliphatic carboxylic acids is 1. The quantitative estimate of drug-likeness (QED) is 0.294. The molecule has 0 saturated heterocycles. The number of halogens is 3. The molecule has 0 atom stereocenters. The lowest BCUT2D eigenvalue weighted by atomic mass is 10.1. The molecule has 2 aromatic heterocycles. The number of nitrogens with one attached hydrogen (secondary N) is 2. The summed E-state index contributed by atoms with van der Waals surface area (Å²) in [5, 5.41) is 20.5. The number of carboxylic acid groups (broad SMARTS) is 1. The molecular formula is C25H24F3N5O5. The Morgan fingerprint density at radius 1 is 1.11 bits per heavy atom. The number of amides is 1. The number of nitrogens with zero attached hydrogens (tertiary/aromatic N) is 2. The van der Waals surface area contributed by atoms with E-state index in [0.29, 0.717) is 35.3 Å². The van der Waals surface area contributed by atoms with Gasteiger partial charge in [-0.15, -0.1) is 0 Å². The highest BCUT2D eigenvalue weighted by Gasteiger charge is 2.28. The zero-order chi connectivity index (χ0) is 27.7. The van der Waals surface area contributed by atoms with Crippen LogP contribution in [0.1, 0.15) is 16.9 Å². The standard InChI is InChI=1S/C23H23N5O3.C2HF3O2/c1-30-18-8-4-9-19(31-13-5-11-24)21(18)17-14-20(28-27-17)26-23(29)22-16-7-3-2-6-15(16)10-12-25-22;3-2(4,5)1(6)7/h2-4,6-10,12,14H,5,11,13,24H2,1H3,(H2,26,27,28,29);(H,6,7). The highest BCUT2D eigenvalue weighted by atomic mass is 19.4. The second-order valence-corrected chi connectivity index (χ2v) is 7.68. The van der Waals surface area contributed by atoms with E-state index in [1.165, 1.54) is 0 Å². The Bertz CT molecular complexity index is 1400. The number of carboxylic acids is 1. The number of carbonyl (C=O) groups is 2. The predicted molar refractivity (Wildman–Crippen MR) is 129 cm³/mol. The van der Waals surface area contributed by atoms with Crippen LogP contribution in [0.25, 0.3) is 22.0 Å². The molecule has 0 saturated carbocycles. The Hall–Kier alpha value is -4.65. The van der Waals surface area contributed by atoms with Gasteiger partial charge in [0.2, 0.25) is 0 Å². The molecule has 0 aliphatic heterocycles. The van der Waals surface area contributed by atoms with E-state index in [0.717, 1.165) is 29.3 Å². The van der Waals surface area contributed by atoms with Crippen molar-refractivity contribution in [3.05, 3.63) is 66.5 Å². The Morgan fingerprint density at radius 2 is 1.82 bits per heavy atom. The van der Waals surface area contributed by atoms with Crippen molar-refractivity contribution in [3.8, 4) is 22.8 Å². The maximum Gasteiger partial charge on any atom is 0.430 e. The summed E-state index contributed by atoms with van der Waals surface area (Å²) < 4.78 is 43.0. The van der Waals surface area contributed by atoms with E-state index in [4.69, 9.17) is 19.4 Å². The van der Waals surface area contributed by atoms with Crippen molar-refractivity contribution < 1.29 is 43.1 Å². The first-order valence-corrected chi connectivity index (χ1v) is 11.2. The molecule has 0 aliphatic carbocycles. The molecule has 2 aromatic carbocycles. The van der Waals surface area contributed by atoms with Gasteiger partial charge in [0.15, 0.2) is 5.82 Å². The number of ether oxygens (including phenoxy) is 2. The first-order valence-electron chi connectivity index (χ1n) is 11.2. The predicted octanol–water partition coefficient (Wildman–Crippen LogP) is 2.20. The number of aromatic nitrogens is 3. The Labute approximate surface area is 214 Å².